The van der Waals surface area contributed by atoms with Crippen molar-refractivity contribution >= 4 is 28.7 Å². The van der Waals surface area contributed by atoms with Crippen LogP contribution in [0.5, 0.6) is 0 Å². The zero-order valence-corrected chi connectivity index (χ0v) is 23.6. The highest BCUT2D eigenvalue weighted by Crippen LogP contribution is 2.40. The van der Waals surface area contributed by atoms with Gasteiger partial charge < -0.3 is 15.1 Å². The van der Waals surface area contributed by atoms with Crippen LogP contribution in [-0.4, -0.2) is 60.8 Å². The third kappa shape index (κ3) is 5.72. The van der Waals surface area contributed by atoms with Crippen LogP contribution in [0.4, 0.5) is 18.9 Å². The lowest BCUT2D eigenvalue weighted by Crippen LogP contribution is -2.54. The molecule has 0 saturated carbocycles. The normalized spacial score (nSPS) is 19.1. The van der Waals surface area contributed by atoms with Gasteiger partial charge in [0.1, 0.15) is 6.07 Å². The lowest BCUT2D eigenvalue weighted by molar-refractivity contribution is -0.137. The quantitative estimate of drug-likeness (QED) is 0.400. The molecule has 2 saturated heterocycles. The van der Waals surface area contributed by atoms with E-state index in [0.29, 0.717) is 42.2 Å². The molecule has 214 valence electrons. The molecule has 0 bridgehead atoms. The summed E-state index contributed by atoms with van der Waals surface area (Å²) in [6.07, 6.45) is -1.20. The minimum Gasteiger partial charge on any atom is -0.370 e. The molecular weight excluding hydrogens is 551 g/mol. The number of rotatable bonds is 6. The monoisotopic (exact) mass is 581 g/mol. The van der Waals surface area contributed by atoms with Crippen LogP contribution in [0.3, 0.4) is 0 Å². The number of carbonyl (C=O) groups is 2. The standard InChI is InChI=1S/C30H30F3N5O2S/c1-19(39)27-24(8-14-41-27)25-5-3-22(17-35-25)29(28(40)36-23-7-11-37(2)18-23)9-12-38(13-10-29)26-6-4-21(30(31,32)33)15-20(26)16-34/h3-6,8,14-15,17,23H,7,9-13,18H2,1-2H3,(H,36,40)/t23-/m0/s1. The van der Waals surface area contributed by atoms with Gasteiger partial charge >= 0.3 is 6.18 Å². The molecule has 0 aliphatic carbocycles. The molecule has 2 aliphatic rings. The van der Waals surface area contributed by atoms with E-state index in [2.05, 4.69) is 15.2 Å². The molecule has 2 aromatic heterocycles. The van der Waals surface area contributed by atoms with Crippen LogP contribution in [0, 0.1) is 11.3 Å². The minimum absolute atomic E-state index is 0.0265. The van der Waals surface area contributed by atoms with Crippen molar-refractivity contribution in [3.8, 4) is 17.3 Å². The third-order valence-corrected chi connectivity index (χ3v) is 9.16. The molecule has 7 nitrogen and oxygen atoms in total. The van der Waals surface area contributed by atoms with Gasteiger partial charge in [0.2, 0.25) is 5.91 Å². The van der Waals surface area contributed by atoms with E-state index < -0.39 is 17.2 Å². The minimum atomic E-state index is -4.54. The molecule has 2 fully saturated rings. The summed E-state index contributed by atoms with van der Waals surface area (Å²) in [5.74, 6) is -0.134. The van der Waals surface area contributed by atoms with Crippen molar-refractivity contribution < 1.29 is 22.8 Å². The van der Waals surface area contributed by atoms with Crippen molar-refractivity contribution in [1.29, 1.82) is 5.26 Å². The number of ketones is 1. The zero-order chi connectivity index (χ0) is 29.4. The lowest BCUT2D eigenvalue weighted by atomic mass is 9.72. The fraction of sp³-hybridized carbons (Fsp3) is 0.400. The van der Waals surface area contributed by atoms with Crippen LogP contribution in [-0.2, 0) is 16.4 Å². The molecule has 11 heteroatoms. The van der Waals surface area contributed by atoms with E-state index in [-0.39, 0.29) is 23.3 Å². The van der Waals surface area contributed by atoms with Crippen molar-refractivity contribution in [1.82, 2.24) is 15.2 Å². The van der Waals surface area contributed by atoms with Crippen molar-refractivity contribution in [3.05, 3.63) is 69.5 Å². The summed E-state index contributed by atoms with van der Waals surface area (Å²) >= 11 is 1.36. The molecule has 3 aromatic rings. The number of halogens is 3. The number of alkyl halides is 3. The molecule has 1 N–H and O–H groups in total. The van der Waals surface area contributed by atoms with Gasteiger partial charge in [-0.2, -0.15) is 18.4 Å². The molecule has 1 atom stereocenters. The average molecular weight is 582 g/mol. The number of pyridine rings is 1. The number of nitrogens with one attached hydrogen (secondary N) is 1. The Morgan fingerprint density at radius 1 is 1.15 bits per heavy atom. The van der Waals surface area contributed by atoms with Gasteiger partial charge in [-0.05, 0) is 81.1 Å². The Kier molecular flexibility index (Phi) is 7.90. The second-order valence-electron chi connectivity index (χ2n) is 10.8. The number of piperidine rings is 1. The van der Waals surface area contributed by atoms with E-state index in [0.717, 1.165) is 42.8 Å². The van der Waals surface area contributed by atoms with Crippen molar-refractivity contribution in [2.45, 2.75) is 43.8 Å². The molecule has 0 spiro atoms. The number of anilines is 1. The summed E-state index contributed by atoms with van der Waals surface area (Å²) in [4.78, 5) is 35.3. The highest BCUT2D eigenvalue weighted by Gasteiger charge is 2.44. The number of nitrogens with zero attached hydrogens (tertiary/aromatic N) is 4. The first-order valence-corrected chi connectivity index (χ1v) is 14.3. The Labute approximate surface area is 240 Å². The molecule has 2 aliphatic heterocycles. The fourth-order valence-corrected chi connectivity index (χ4v) is 6.66. The zero-order valence-electron chi connectivity index (χ0n) is 22.8. The van der Waals surface area contributed by atoms with Gasteiger partial charge in [0.15, 0.2) is 5.78 Å². The maximum absolute atomic E-state index is 14.0. The topological polar surface area (TPSA) is 89.3 Å². The summed E-state index contributed by atoms with van der Waals surface area (Å²) in [6, 6.07) is 10.7. The number of Topliss-reactive ketones (excluding diaryl/α,β-unsaturated/α-hetero) is 1. The Bertz CT molecular complexity index is 1490. The number of nitriles is 1. The van der Waals surface area contributed by atoms with Gasteiger partial charge in [0, 0.05) is 37.4 Å². The number of amides is 1. The van der Waals surface area contributed by atoms with Crippen molar-refractivity contribution in [3.63, 3.8) is 0 Å². The Morgan fingerprint density at radius 2 is 1.90 bits per heavy atom. The van der Waals surface area contributed by atoms with Gasteiger partial charge in [-0.15, -0.1) is 11.3 Å². The highest BCUT2D eigenvalue weighted by atomic mass is 32.1. The Morgan fingerprint density at radius 3 is 2.49 bits per heavy atom. The van der Waals surface area contributed by atoms with Gasteiger partial charge in [0.05, 0.1) is 32.8 Å². The SMILES string of the molecule is CC(=O)c1sccc1-c1ccc(C2(C(=O)N[C@H]3CCN(C)C3)CCN(c3ccc(C(F)(F)F)cc3C#N)CC2)cn1. The number of benzene rings is 1. The van der Waals surface area contributed by atoms with Crippen LogP contribution in [0.15, 0.2) is 48.0 Å². The van der Waals surface area contributed by atoms with Gasteiger partial charge in [-0.3, -0.25) is 14.6 Å². The number of carbonyl (C=O) groups excluding carboxylic acids is 2. The Hall–Kier alpha value is -3.75. The van der Waals surface area contributed by atoms with Gasteiger partial charge in [0.25, 0.3) is 0 Å². The number of hydrogen-bond acceptors (Lipinski definition) is 7. The summed E-state index contributed by atoms with van der Waals surface area (Å²) < 4.78 is 39.7. The number of likely N-dealkylation sites (tertiary alicyclic amines) is 1. The van der Waals surface area contributed by atoms with E-state index in [1.807, 2.05) is 41.6 Å². The second-order valence-corrected chi connectivity index (χ2v) is 11.7. The summed E-state index contributed by atoms with van der Waals surface area (Å²) in [7, 11) is 2.01. The molecule has 0 unspecified atom stereocenters. The van der Waals surface area contributed by atoms with E-state index >= 15 is 0 Å². The average Bonchev–Trinajstić information content (AvgIpc) is 3.61. The van der Waals surface area contributed by atoms with Crippen LogP contribution >= 0.6 is 11.3 Å². The molecule has 4 heterocycles. The predicted octanol–water partition coefficient (Wildman–Crippen LogP) is 5.26. The van der Waals surface area contributed by atoms with Crippen molar-refractivity contribution in [2.24, 2.45) is 0 Å². The molecule has 0 radical (unpaired) electrons. The number of thiophene rings is 1. The number of hydrogen-bond donors (Lipinski definition) is 1. The summed E-state index contributed by atoms with van der Waals surface area (Å²) in [5, 5.41) is 14.7. The predicted molar refractivity (Wildman–Crippen MR) is 151 cm³/mol. The first-order valence-electron chi connectivity index (χ1n) is 13.4. The smallest absolute Gasteiger partial charge is 0.370 e. The lowest BCUT2D eigenvalue weighted by Gasteiger charge is -2.42. The van der Waals surface area contributed by atoms with E-state index in [1.54, 1.807) is 6.20 Å². The maximum Gasteiger partial charge on any atom is 0.416 e. The van der Waals surface area contributed by atoms with Gasteiger partial charge in [-0.25, -0.2) is 0 Å². The first-order chi connectivity index (χ1) is 19.5. The van der Waals surface area contributed by atoms with E-state index in [4.69, 9.17) is 0 Å². The summed E-state index contributed by atoms with van der Waals surface area (Å²) in [5.41, 5.74) is 0.757. The van der Waals surface area contributed by atoms with E-state index in [1.165, 1.54) is 24.3 Å². The summed E-state index contributed by atoms with van der Waals surface area (Å²) in [6.45, 7) is 3.92. The number of aromatic nitrogens is 1. The molecule has 1 aromatic carbocycles. The first kappa shape index (κ1) is 28.8. The van der Waals surface area contributed by atoms with Crippen molar-refractivity contribution in [2.75, 3.05) is 38.1 Å². The largest absolute Gasteiger partial charge is 0.416 e. The van der Waals surface area contributed by atoms with Gasteiger partial charge in [-0.1, -0.05) is 6.07 Å². The third-order valence-electron chi connectivity index (χ3n) is 8.14. The Balaban J connectivity index is 1.44. The molecular formula is C30H30F3N5O2S. The fourth-order valence-electron chi connectivity index (χ4n) is 5.85. The van der Waals surface area contributed by atoms with Crippen LogP contribution in [0.2, 0.25) is 0 Å². The highest BCUT2D eigenvalue weighted by molar-refractivity contribution is 7.12. The van der Waals surface area contributed by atoms with Crippen LogP contribution < -0.4 is 10.2 Å². The maximum atomic E-state index is 14.0. The molecule has 5 rings (SSSR count). The molecule has 41 heavy (non-hydrogen) atoms. The van der Waals surface area contributed by atoms with Crippen LogP contribution in [0.1, 0.15) is 52.5 Å². The van der Waals surface area contributed by atoms with Crippen LogP contribution in [0.25, 0.3) is 11.3 Å². The second kappa shape index (κ2) is 11.3. The van der Waals surface area contributed by atoms with E-state index in [9.17, 15) is 28.0 Å². The number of likely N-dealkylation sites (N-methyl/N-ethyl adjacent to an activating group) is 1. The molecule has 1 amide bonds.